The van der Waals surface area contributed by atoms with Gasteiger partial charge in [-0.1, -0.05) is 59.8 Å². The summed E-state index contributed by atoms with van der Waals surface area (Å²) in [6, 6.07) is 14.8. The zero-order chi connectivity index (χ0) is 9.97. The Hall–Kier alpha value is -0.470. The summed E-state index contributed by atoms with van der Waals surface area (Å²) in [6.45, 7) is 0. The molecule has 15 heavy (non-hydrogen) atoms. The maximum atomic E-state index is 11.1. The van der Waals surface area contributed by atoms with Crippen molar-refractivity contribution in [3.05, 3.63) is 53.6 Å². The van der Waals surface area contributed by atoms with Crippen LogP contribution in [0.25, 0.3) is 11.1 Å². The van der Waals surface area contributed by atoms with Crippen molar-refractivity contribution in [2.24, 2.45) is 0 Å². The molecule has 0 N–H and O–H groups in total. The zero-order valence-electron chi connectivity index (χ0n) is 8.41. The van der Waals surface area contributed by atoms with Gasteiger partial charge in [-0.25, -0.2) is 0 Å². The zero-order valence-corrected chi connectivity index (χ0v) is 11.2. The van der Waals surface area contributed by atoms with Crippen LogP contribution >= 0.6 is 11.6 Å². The van der Waals surface area contributed by atoms with Crippen LogP contribution < -0.4 is 34.7 Å². The minimum atomic E-state index is -0.133. The molecule has 0 unspecified atom stereocenters. The molecule has 0 heterocycles. The van der Waals surface area contributed by atoms with Crippen LogP contribution in [0.3, 0.4) is 0 Å². The first-order chi connectivity index (χ1) is 6.77. The van der Waals surface area contributed by atoms with E-state index in [4.69, 9.17) is 11.6 Å². The molecule has 0 aliphatic carbocycles. The second-order valence-electron chi connectivity index (χ2n) is 3.01. The van der Waals surface area contributed by atoms with E-state index in [1.165, 1.54) is 6.07 Å². The van der Waals surface area contributed by atoms with Gasteiger partial charge < -0.3 is 5.11 Å². The van der Waals surface area contributed by atoms with Gasteiger partial charge in [-0.05, 0) is 17.2 Å². The summed E-state index contributed by atoms with van der Waals surface area (Å²) in [5.74, 6) is -0.133. The number of rotatable bonds is 1. The molecule has 70 valence electrons. The van der Waals surface area contributed by atoms with Gasteiger partial charge in [0.1, 0.15) is 0 Å². The van der Waals surface area contributed by atoms with Crippen molar-refractivity contribution in [3.8, 4) is 16.9 Å². The first kappa shape index (κ1) is 12.6. The molecule has 2 aromatic carbocycles. The van der Waals surface area contributed by atoms with Crippen molar-refractivity contribution < 1.29 is 34.7 Å². The van der Waals surface area contributed by atoms with Crippen LogP contribution in [0.1, 0.15) is 0 Å². The molecule has 0 amide bonds. The SMILES string of the molecule is [Na+].[O-]c1ccc(-c2ccccc2)cc1Cl. The quantitative estimate of drug-likeness (QED) is 0.632. The molecule has 2 rings (SSSR count). The molecule has 0 aliphatic rings. The Labute approximate surface area is 116 Å². The van der Waals surface area contributed by atoms with Gasteiger partial charge in [0.15, 0.2) is 0 Å². The third-order valence-corrected chi connectivity index (χ3v) is 2.33. The van der Waals surface area contributed by atoms with E-state index in [2.05, 4.69) is 0 Å². The fourth-order valence-corrected chi connectivity index (χ4v) is 1.49. The van der Waals surface area contributed by atoms with Gasteiger partial charge in [-0.2, -0.15) is 0 Å². The first-order valence-corrected chi connectivity index (χ1v) is 4.67. The van der Waals surface area contributed by atoms with E-state index in [1.807, 2.05) is 30.3 Å². The van der Waals surface area contributed by atoms with Crippen molar-refractivity contribution in [1.82, 2.24) is 0 Å². The molecule has 0 fully saturated rings. The van der Waals surface area contributed by atoms with Crippen LogP contribution in [0.5, 0.6) is 5.75 Å². The summed E-state index contributed by atoms with van der Waals surface area (Å²) in [7, 11) is 0. The number of halogens is 1. The maximum absolute atomic E-state index is 11.1. The van der Waals surface area contributed by atoms with E-state index in [-0.39, 0.29) is 40.3 Å². The molecule has 0 aliphatic heterocycles. The summed E-state index contributed by atoms with van der Waals surface area (Å²) < 4.78 is 0. The van der Waals surface area contributed by atoms with Crippen molar-refractivity contribution in [3.63, 3.8) is 0 Å². The Morgan fingerprint density at radius 2 is 1.53 bits per heavy atom. The largest absolute Gasteiger partial charge is 1.00 e. The topological polar surface area (TPSA) is 23.1 Å². The molecular formula is C12H8ClNaO. The van der Waals surface area contributed by atoms with E-state index >= 15 is 0 Å². The molecule has 0 bridgehead atoms. The van der Waals surface area contributed by atoms with Gasteiger partial charge in [0.05, 0.1) is 0 Å². The van der Waals surface area contributed by atoms with E-state index in [1.54, 1.807) is 12.1 Å². The summed E-state index contributed by atoms with van der Waals surface area (Å²) in [6.07, 6.45) is 0. The Morgan fingerprint density at radius 3 is 2.13 bits per heavy atom. The predicted octanol–water partition coefficient (Wildman–Crippen LogP) is 0.0846. The second-order valence-corrected chi connectivity index (χ2v) is 3.42. The monoisotopic (exact) mass is 226 g/mol. The van der Waals surface area contributed by atoms with E-state index in [0.717, 1.165) is 11.1 Å². The van der Waals surface area contributed by atoms with Gasteiger partial charge in [-0.15, -0.1) is 0 Å². The van der Waals surface area contributed by atoms with Crippen LogP contribution in [-0.4, -0.2) is 0 Å². The van der Waals surface area contributed by atoms with E-state index in [0.29, 0.717) is 0 Å². The minimum Gasteiger partial charge on any atom is -0.871 e. The van der Waals surface area contributed by atoms with Gasteiger partial charge in [0, 0.05) is 5.02 Å². The maximum Gasteiger partial charge on any atom is 1.00 e. The molecule has 0 saturated carbocycles. The Morgan fingerprint density at radius 1 is 0.867 bits per heavy atom. The smallest absolute Gasteiger partial charge is 0.871 e. The molecule has 0 saturated heterocycles. The minimum absolute atomic E-state index is 0. The molecular weight excluding hydrogens is 219 g/mol. The van der Waals surface area contributed by atoms with Gasteiger partial charge in [0.25, 0.3) is 0 Å². The summed E-state index contributed by atoms with van der Waals surface area (Å²) in [5, 5.41) is 11.3. The Kier molecular flexibility index (Phi) is 4.68. The van der Waals surface area contributed by atoms with Crippen molar-refractivity contribution in [2.45, 2.75) is 0 Å². The third-order valence-electron chi connectivity index (χ3n) is 2.04. The molecule has 0 spiro atoms. The summed E-state index contributed by atoms with van der Waals surface area (Å²) in [5.41, 5.74) is 2.03. The first-order valence-electron chi connectivity index (χ1n) is 4.29. The van der Waals surface area contributed by atoms with Crippen LogP contribution in [-0.2, 0) is 0 Å². The van der Waals surface area contributed by atoms with Crippen molar-refractivity contribution in [2.75, 3.05) is 0 Å². The molecule has 0 atom stereocenters. The average Bonchev–Trinajstić information content (AvgIpc) is 2.23. The van der Waals surface area contributed by atoms with Crippen LogP contribution in [0.2, 0.25) is 5.02 Å². The summed E-state index contributed by atoms with van der Waals surface area (Å²) >= 11 is 5.75. The predicted molar refractivity (Wildman–Crippen MR) is 56.3 cm³/mol. The average molecular weight is 227 g/mol. The van der Waals surface area contributed by atoms with Crippen LogP contribution in [0, 0.1) is 0 Å². The number of hydrogen-bond acceptors (Lipinski definition) is 1. The van der Waals surface area contributed by atoms with Crippen LogP contribution in [0.4, 0.5) is 0 Å². The van der Waals surface area contributed by atoms with Gasteiger partial charge in [0.2, 0.25) is 0 Å². The van der Waals surface area contributed by atoms with Crippen molar-refractivity contribution in [1.29, 1.82) is 0 Å². The fourth-order valence-electron chi connectivity index (χ4n) is 1.31. The van der Waals surface area contributed by atoms with E-state index in [9.17, 15) is 5.11 Å². The molecule has 2 aromatic rings. The fraction of sp³-hybridized carbons (Fsp3) is 0. The standard InChI is InChI=1S/C12H9ClO.Na/c13-11-8-10(6-7-12(11)14)9-4-2-1-3-5-9;/h1-8,14H;/q;+1/p-1. The normalized spacial score (nSPS) is 9.40. The van der Waals surface area contributed by atoms with E-state index < -0.39 is 0 Å². The Bertz CT molecular complexity index is 443. The second kappa shape index (κ2) is 5.57. The molecule has 1 nitrogen and oxygen atoms in total. The molecule has 0 radical (unpaired) electrons. The Balaban J connectivity index is 0.00000112. The number of hydrogen-bond donors (Lipinski definition) is 0. The van der Waals surface area contributed by atoms with Crippen molar-refractivity contribution >= 4 is 11.6 Å². The van der Waals surface area contributed by atoms with Gasteiger partial charge in [-0.3, -0.25) is 0 Å². The molecule has 0 aromatic heterocycles. The molecule has 3 heteroatoms. The number of benzene rings is 2. The van der Waals surface area contributed by atoms with Crippen LogP contribution in [0.15, 0.2) is 48.5 Å². The third kappa shape index (κ3) is 2.99. The summed E-state index contributed by atoms with van der Waals surface area (Å²) in [4.78, 5) is 0. The van der Waals surface area contributed by atoms with Gasteiger partial charge >= 0.3 is 29.6 Å².